The first-order chi connectivity index (χ1) is 15.1. The number of carbonyl (C=O) groups excluding carboxylic acids is 3. The van der Waals surface area contributed by atoms with Gasteiger partial charge in [-0.1, -0.05) is 54.6 Å². The molecule has 1 unspecified atom stereocenters. The highest BCUT2D eigenvalue weighted by Gasteiger charge is 2.31. The molecule has 31 heavy (non-hydrogen) atoms. The minimum absolute atomic E-state index is 0.0422. The molecule has 0 radical (unpaired) electrons. The van der Waals surface area contributed by atoms with E-state index in [4.69, 9.17) is 0 Å². The lowest BCUT2D eigenvalue weighted by atomic mass is 10.1. The van der Waals surface area contributed by atoms with Crippen LogP contribution >= 0.6 is 0 Å². The molecule has 2 heterocycles. The maximum Gasteiger partial charge on any atom is 0.254 e. The van der Waals surface area contributed by atoms with E-state index in [0.29, 0.717) is 24.3 Å². The van der Waals surface area contributed by atoms with Gasteiger partial charge in [-0.25, -0.2) is 0 Å². The number of rotatable bonds is 5. The topological polar surface area (TPSA) is 81.8 Å². The first-order valence-electron chi connectivity index (χ1n) is 10.5. The molecule has 0 bridgehead atoms. The summed E-state index contributed by atoms with van der Waals surface area (Å²) in [5, 5.41) is 5.44. The lowest BCUT2D eigenvalue weighted by Crippen LogP contribution is -2.51. The number of piperazine rings is 1. The average molecular weight is 418 g/mol. The Kier molecular flexibility index (Phi) is 6.43. The molecule has 2 N–H and O–H groups in total. The molecule has 7 heteroatoms. The fourth-order valence-corrected chi connectivity index (χ4v) is 3.84. The number of carbonyl (C=O) groups is 3. The Balaban J connectivity index is 1.27. The van der Waals surface area contributed by atoms with Crippen LogP contribution in [0.3, 0.4) is 0 Å². The molecule has 2 aliphatic heterocycles. The van der Waals surface area contributed by atoms with E-state index in [9.17, 15) is 14.4 Å². The Morgan fingerprint density at radius 3 is 2.45 bits per heavy atom. The highest BCUT2D eigenvalue weighted by Crippen LogP contribution is 2.19. The summed E-state index contributed by atoms with van der Waals surface area (Å²) in [6, 6.07) is 16.1. The van der Waals surface area contributed by atoms with Gasteiger partial charge in [0.05, 0.1) is 17.7 Å². The Hall–Kier alpha value is -3.45. The molecule has 2 aliphatic rings. The van der Waals surface area contributed by atoms with E-state index >= 15 is 0 Å². The maximum absolute atomic E-state index is 12.8. The van der Waals surface area contributed by atoms with Gasteiger partial charge < -0.3 is 15.5 Å². The lowest BCUT2D eigenvalue weighted by Gasteiger charge is -2.34. The molecular weight excluding hydrogens is 392 g/mol. The summed E-state index contributed by atoms with van der Waals surface area (Å²) in [6.45, 7) is 3.61. The van der Waals surface area contributed by atoms with Crippen molar-refractivity contribution in [2.24, 2.45) is 0 Å². The third kappa shape index (κ3) is 5.19. The van der Waals surface area contributed by atoms with Crippen LogP contribution in [0.1, 0.15) is 22.3 Å². The summed E-state index contributed by atoms with van der Waals surface area (Å²) in [7, 11) is 0. The Bertz CT molecular complexity index is 981. The molecule has 2 aromatic carbocycles. The molecule has 160 valence electrons. The van der Waals surface area contributed by atoms with E-state index in [1.54, 1.807) is 29.2 Å². The third-order valence-corrected chi connectivity index (χ3v) is 5.63. The van der Waals surface area contributed by atoms with Crippen molar-refractivity contribution in [3.8, 4) is 0 Å². The molecule has 0 saturated carbocycles. The number of amides is 3. The second kappa shape index (κ2) is 9.57. The molecule has 1 fully saturated rings. The average Bonchev–Trinajstić information content (AvgIpc) is 2.91. The summed E-state index contributed by atoms with van der Waals surface area (Å²) in [6.07, 6.45) is 4.19. The zero-order chi connectivity index (χ0) is 21.6. The molecule has 1 saturated heterocycles. The summed E-state index contributed by atoms with van der Waals surface area (Å²) >= 11 is 0. The van der Waals surface area contributed by atoms with Crippen LogP contribution in [0.5, 0.6) is 0 Å². The van der Waals surface area contributed by atoms with E-state index < -0.39 is 6.04 Å². The SMILES string of the molecule is O=C1NC(CC(=O)N2CCN(C/C=C/c3ccccc3)CC2)C(=O)Nc2ccccc21. The van der Waals surface area contributed by atoms with Gasteiger partial charge in [-0.05, 0) is 17.7 Å². The van der Waals surface area contributed by atoms with E-state index in [1.807, 2.05) is 18.2 Å². The number of fused-ring (bicyclic) bond motifs is 1. The molecule has 1 atom stereocenters. The standard InChI is InChI=1S/C24H26N4O3/c29-22(17-21-24(31)25-20-11-5-4-10-19(20)23(30)26-21)28-15-13-27(14-16-28)12-6-9-18-7-2-1-3-8-18/h1-11,21H,12-17H2,(H,25,31)(H,26,30)/b9-6+. The smallest absolute Gasteiger partial charge is 0.254 e. The van der Waals surface area contributed by atoms with Crippen LogP contribution < -0.4 is 10.6 Å². The number of nitrogens with zero attached hydrogens (tertiary/aromatic N) is 2. The molecule has 0 aliphatic carbocycles. The van der Waals surface area contributed by atoms with Gasteiger partial charge in [0.25, 0.3) is 5.91 Å². The molecule has 3 amide bonds. The molecular formula is C24H26N4O3. The predicted octanol–water partition coefficient (Wildman–Crippen LogP) is 1.98. The minimum atomic E-state index is -0.876. The van der Waals surface area contributed by atoms with Crippen molar-refractivity contribution >= 4 is 29.5 Å². The van der Waals surface area contributed by atoms with Gasteiger partial charge in [0.1, 0.15) is 6.04 Å². The van der Waals surface area contributed by atoms with Crippen molar-refractivity contribution < 1.29 is 14.4 Å². The normalized spacial score (nSPS) is 19.5. The van der Waals surface area contributed by atoms with Gasteiger partial charge in [-0.2, -0.15) is 0 Å². The molecule has 7 nitrogen and oxygen atoms in total. The van der Waals surface area contributed by atoms with Crippen LogP contribution in [0, 0.1) is 0 Å². The molecule has 2 aromatic rings. The van der Waals surface area contributed by atoms with Crippen molar-refractivity contribution in [2.75, 3.05) is 38.0 Å². The van der Waals surface area contributed by atoms with Crippen molar-refractivity contribution in [1.82, 2.24) is 15.1 Å². The van der Waals surface area contributed by atoms with Gasteiger partial charge >= 0.3 is 0 Å². The second-order valence-electron chi connectivity index (χ2n) is 7.76. The van der Waals surface area contributed by atoms with Crippen molar-refractivity contribution in [3.05, 3.63) is 71.8 Å². The Morgan fingerprint density at radius 2 is 1.68 bits per heavy atom. The fourth-order valence-electron chi connectivity index (χ4n) is 3.84. The number of para-hydroxylation sites is 1. The Labute approximate surface area is 181 Å². The van der Waals surface area contributed by atoms with Crippen LogP contribution in [0.15, 0.2) is 60.7 Å². The lowest BCUT2D eigenvalue weighted by molar-refractivity contribution is -0.135. The zero-order valence-corrected chi connectivity index (χ0v) is 17.3. The number of hydrogen-bond donors (Lipinski definition) is 2. The molecule has 0 aromatic heterocycles. The van der Waals surface area contributed by atoms with Crippen LogP contribution in [0.25, 0.3) is 6.08 Å². The highest BCUT2D eigenvalue weighted by molar-refractivity contribution is 6.10. The van der Waals surface area contributed by atoms with Crippen molar-refractivity contribution in [1.29, 1.82) is 0 Å². The van der Waals surface area contributed by atoms with Gasteiger partial charge in [0.2, 0.25) is 11.8 Å². The Morgan fingerprint density at radius 1 is 0.968 bits per heavy atom. The fraction of sp³-hybridized carbons (Fsp3) is 0.292. The monoisotopic (exact) mass is 418 g/mol. The van der Waals surface area contributed by atoms with Crippen LogP contribution in [-0.4, -0.2) is 66.3 Å². The van der Waals surface area contributed by atoms with Gasteiger partial charge in [0.15, 0.2) is 0 Å². The van der Waals surface area contributed by atoms with Crippen LogP contribution in [0.4, 0.5) is 5.69 Å². The largest absolute Gasteiger partial charge is 0.340 e. The van der Waals surface area contributed by atoms with Crippen molar-refractivity contribution in [2.45, 2.75) is 12.5 Å². The first-order valence-corrected chi connectivity index (χ1v) is 10.5. The minimum Gasteiger partial charge on any atom is -0.340 e. The third-order valence-electron chi connectivity index (χ3n) is 5.63. The van der Waals surface area contributed by atoms with E-state index in [-0.39, 0.29) is 24.1 Å². The van der Waals surface area contributed by atoms with Crippen LogP contribution in [-0.2, 0) is 9.59 Å². The molecule has 4 rings (SSSR count). The van der Waals surface area contributed by atoms with Crippen LogP contribution in [0.2, 0.25) is 0 Å². The quantitative estimate of drug-likeness (QED) is 0.778. The summed E-state index contributed by atoms with van der Waals surface area (Å²) in [5.74, 6) is -0.830. The second-order valence-corrected chi connectivity index (χ2v) is 7.76. The van der Waals surface area contributed by atoms with Gasteiger partial charge in [-0.15, -0.1) is 0 Å². The van der Waals surface area contributed by atoms with Crippen molar-refractivity contribution in [3.63, 3.8) is 0 Å². The van der Waals surface area contributed by atoms with E-state index in [0.717, 1.165) is 19.6 Å². The summed E-state index contributed by atoms with van der Waals surface area (Å²) in [5.41, 5.74) is 2.04. The van der Waals surface area contributed by atoms with E-state index in [1.165, 1.54) is 5.56 Å². The number of benzene rings is 2. The highest BCUT2D eigenvalue weighted by atomic mass is 16.2. The first kappa shape index (κ1) is 20.8. The predicted molar refractivity (Wildman–Crippen MR) is 119 cm³/mol. The number of hydrogen-bond acceptors (Lipinski definition) is 4. The molecule has 0 spiro atoms. The summed E-state index contributed by atoms with van der Waals surface area (Å²) < 4.78 is 0. The number of nitrogens with one attached hydrogen (secondary N) is 2. The maximum atomic E-state index is 12.8. The van der Waals surface area contributed by atoms with Gasteiger partial charge in [0, 0.05) is 32.7 Å². The van der Waals surface area contributed by atoms with E-state index in [2.05, 4.69) is 39.8 Å². The summed E-state index contributed by atoms with van der Waals surface area (Å²) in [4.78, 5) is 41.8. The zero-order valence-electron chi connectivity index (χ0n) is 17.3. The van der Waals surface area contributed by atoms with Gasteiger partial charge in [-0.3, -0.25) is 19.3 Å². The number of anilines is 1.